The van der Waals surface area contributed by atoms with Crippen molar-refractivity contribution in [2.45, 2.75) is 6.42 Å². The van der Waals surface area contributed by atoms with E-state index in [9.17, 15) is 25.2 Å². The van der Waals surface area contributed by atoms with Crippen molar-refractivity contribution in [3.8, 4) is 0 Å². The molecular weight excluding hydrogens is 272 g/mol. The lowest BCUT2D eigenvalue weighted by molar-refractivity contribution is -0.154. The molecule has 0 unspecified atom stereocenters. The van der Waals surface area contributed by atoms with Gasteiger partial charge in [-0.05, 0) is 11.1 Å². The molecule has 4 N–H and O–H groups in total. The van der Waals surface area contributed by atoms with E-state index in [0.717, 1.165) is 0 Å². The third-order valence-electron chi connectivity index (χ3n) is 4.35. The van der Waals surface area contributed by atoms with Gasteiger partial charge in [-0.2, -0.15) is 0 Å². The zero-order chi connectivity index (χ0) is 16.1. The molecule has 116 valence electrons. The first-order chi connectivity index (χ1) is 10.0. The molecule has 0 aromatic rings. The number of aliphatic hydroxyl groups is 4. The molecule has 21 heavy (non-hydrogen) atoms. The van der Waals surface area contributed by atoms with E-state index < -0.39 is 43.0 Å². The predicted octanol–water partition coefficient (Wildman–Crippen LogP) is 0.126. The maximum Gasteiger partial charge on any atom is 0.149 e. The highest BCUT2D eigenvalue weighted by Crippen LogP contribution is 2.53. The van der Waals surface area contributed by atoms with Gasteiger partial charge in [-0.25, -0.2) is 0 Å². The summed E-state index contributed by atoms with van der Waals surface area (Å²) in [7, 11) is 0. The molecule has 0 aromatic carbocycles. The van der Waals surface area contributed by atoms with Crippen molar-refractivity contribution in [2.24, 2.45) is 10.8 Å². The molecule has 0 aliphatic heterocycles. The smallest absolute Gasteiger partial charge is 0.149 e. The van der Waals surface area contributed by atoms with Crippen LogP contribution < -0.4 is 0 Å². The van der Waals surface area contributed by atoms with Crippen LogP contribution in [0.3, 0.4) is 0 Å². The van der Waals surface area contributed by atoms with Crippen molar-refractivity contribution in [2.75, 3.05) is 26.4 Å². The lowest BCUT2D eigenvalue weighted by Gasteiger charge is -2.51. The fourth-order valence-corrected chi connectivity index (χ4v) is 3.00. The molecule has 0 aromatic heterocycles. The standard InChI is InChI=1S/C16H22O5/c1-3-5-12-7-14(21)16(10-19,11-20)15(8-17,9-18)13(12)6-4-2/h3-6,17-20H,1-2,7-11H2. The molecule has 1 aliphatic carbocycles. The van der Waals surface area contributed by atoms with Crippen molar-refractivity contribution in [1.29, 1.82) is 0 Å². The summed E-state index contributed by atoms with van der Waals surface area (Å²) >= 11 is 0. The van der Waals surface area contributed by atoms with Gasteiger partial charge in [-0.3, -0.25) is 4.79 Å². The monoisotopic (exact) mass is 294 g/mol. The fourth-order valence-electron chi connectivity index (χ4n) is 3.00. The van der Waals surface area contributed by atoms with Crippen LogP contribution in [0, 0.1) is 10.8 Å². The van der Waals surface area contributed by atoms with E-state index in [1.165, 1.54) is 12.2 Å². The lowest BCUT2D eigenvalue weighted by Crippen LogP contribution is -2.60. The van der Waals surface area contributed by atoms with Gasteiger partial charge < -0.3 is 20.4 Å². The molecule has 0 bridgehead atoms. The summed E-state index contributed by atoms with van der Waals surface area (Å²) in [5, 5.41) is 39.2. The zero-order valence-corrected chi connectivity index (χ0v) is 12.0. The number of carbonyl (C=O) groups is 1. The summed E-state index contributed by atoms with van der Waals surface area (Å²) < 4.78 is 0. The topological polar surface area (TPSA) is 98.0 Å². The van der Waals surface area contributed by atoms with Crippen molar-refractivity contribution >= 4 is 5.78 Å². The molecule has 1 rings (SSSR count). The first-order valence-corrected chi connectivity index (χ1v) is 6.65. The molecule has 1 aliphatic rings. The number of carbonyl (C=O) groups excluding carboxylic acids is 1. The largest absolute Gasteiger partial charge is 0.395 e. The average molecular weight is 294 g/mol. The molecule has 0 spiro atoms. The Morgan fingerprint density at radius 1 is 0.905 bits per heavy atom. The quantitative estimate of drug-likeness (QED) is 0.558. The number of allylic oxidation sites excluding steroid dienone is 5. The first-order valence-electron chi connectivity index (χ1n) is 6.65. The second kappa shape index (κ2) is 6.95. The summed E-state index contributed by atoms with van der Waals surface area (Å²) in [4.78, 5) is 12.5. The lowest BCUT2D eigenvalue weighted by atomic mass is 9.52. The Morgan fingerprint density at radius 3 is 1.76 bits per heavy atom. The number of aliphatic hydroxyl groups excluding tert-OH is 4. The molecule has 1 saturated carbocycles. The highest BCUT2D eigenvalue weighted by atomic mass is 16.3. The van der Waals surface area contributed by atoms with E-state index in [4.69, 9.17) is 0 Å². The second-order valence-corrected chi connectivity index (χ2v) is 5.14. The minimum absolute atomic E-state index is 0.0193. The maximum absolute atomic E-state index is 12.5. The minimum atomic E-state index is -1.64. The van der Waals surface area contributed by atoms with E-state index in [2.05, 4.69) is 13.2 Å². The van der Waals surface area contributed by atoms with Gasteiger partial charge in [-0.15, -0.1) is 0 Å². The molecule has 5 nitrogen and oxygen atoms in total. The molecule has 0 amide bonds. The van der Waals surface area contributed by atoms with Crippen molar-refractivity contribution < 1.29 is 25.2 Å². The van der Waals surface area contributed by atoms with E-state index in [0.29, 0.717) is 11.1 Å². The molecule has 0 saturated heterocycles. The summed E-state index contributed by atoms with van der Waals surface area (Å²) in [6.45, 7) is 4.67. The fraction of sp³-hybridized carbons (Fsp3) is 0.438. The van der Waals surface area contributed by atoms with Crippen LogP contribution in [0.15, 0.2) is 48.6 Å². The minimum Gasteiger partial charge on any atom is -0.395 e. The molecule has 0 radical (unpaired) electrons. The Balaban J connectivity index is 3.70. The molecular formula is C16H22O5. The van der Waals surface area contributed by atoms with Gasteiger partial charge in [0, 0.05) is 6.42 Å². The summed E-state index contributed by atoms with van der Waals surface area (Å²) in [6.07, 6.45) is 6.15. The van der Waals surface area contributed by atoms with Crippen molar-refractivity contribution in [1.82, 2.24) is 0 Å². The van der Waals surface area contributed by atoms with Gasteiger partial charge in [0.1, 0.15) is 5.78 Å². The van der Waals surface area contributed by atoms with Gasteiger partial charge in [-0.1, -0.05) is 37.5 Å². The Bertz CT molecular complexity index is 479. The van der Waals surface area contributed by atoms with Crippen LogP contribution in [-0.2, 0) is 4.79 Å². The third kappa shape index (κ3) is 2.42. The summed E-state index contributed by atoms with van der Waals surface area (Å²) in [5.41, 5.74) is -2.06. The number of Topliss-reactive ketones (excluding diaryl/α,β-unsaturated/α-hetero) is 1. The van der Waals surface area contributed by atoms with Gasteiger partial charge >= 0.3 is 0 Å². The van der Waals surface area contributed by atoms with Crippen LogP contribution in [0.25, 0.3) is 0 Å². The number of ketones is 1. The number of rotatable bonds is 6. The summed E-state index contributed by atoms with van der Waals surface area (Å²) in [6, 6.07) is 0. The molecule has 0 heterocycles. The van der Waals surface area contributed by atoms with Gasteiger partial charge in [0.05, 0.1) is 37.3 Å². The predicted molar refractivity (Wildman–Crippen MR) is 79.4 cm³/mol. The third-order valence-corrected chi connectivity index (χ3v) is 4.35. The second-order valence-electron chi connectivity index (χ2n) is 5.14. The average Bonchev–Trinajstić information content (AvgIpc) is 2.50. The first kappa shape index (κ1) is 17.5. The summed E-state index contributed by atoms with van der Waals surface area (Å²) in [5.74, 6) is -0.426. The normalized spacial score (nSPS) is 24.3. The van der Waals surface area contributed by atoms with Crippen LogP contribution in [-0.4, -0.2) is 52.6 Å². The Morgan fingerprint density at radius 2 is 1.38 bits per heavy atom. The van der Waals surface area contributed by atoms with Crippen LogP contribution in [0.4, 0.5) is 0 Å². The van der Waals surface area contributed by atoms with Gasteiger partial charge in [0.15, 0.2) is 0 Å². The highest BCUT2D eigenvalue weighted by molar-refractivity contribution is 5.92. The SMILES string of the molecule is C=CC=C1CC(=O)C(CO)(CO)C(CO)(CO)C1=CC=C. The van der Waals surface area contributed by atoms with Crippen LogP contribution in [0.5, 0.6) is 0 Å². The van der Waals surface area contributed by atoms with E-state index >= 15 is 0 Å². The van der Waals surface area contributed by atoms with E-state index in [-0.39, 0.29) is 6.42 Å². The van der Waals surface area contributed by atoms with Crippen LogP contribution in [0.2, 0.25) is 0 Å². The Kier molecular flexibility index (Phi) is 5.80. The number of hydrogen-bond donors (Lipinski definition) is 4. The van der Waals surface area contributed by atoms with E-state index in [1.54, 1.807) is 12.2 Å². The Labute approximate surface area is 124 Å². The van der Waals surface area contributed by atoms with Crippen molar-refractivity contribution in [3.63, 3.8) is 0 Å². The molecule has 5 heteroatoms. The van der Waals surface area contributed by atoms with Gasteiger partial charge in [0.25, 0.3) is 0 Å². The van der Waals surface area contributed by atoms with Crippen LogP contribution >= 0.6 is 0 Å². The molecule has 1 fully saturated rings. The maximum atomic E-state index is 12.5. The number of hydrogen-bond acceptors (Lipinski definition) is 5. The highest BCUT2D eigenvalue weighted by Gasteiger charge is 2.60. The van der Waals surface area contributed by atoms with E-state index in [1.807, 2.05) is 0 Å². The van der Waals surface area contributed by atoms with Crippen LogP contribution in [0.1, 0.15) is 6.42 Å². The Hall–Kier alpha value is -1.53. The molecule has 0 atom stereocenters. The van der Waals surface area contributed by atoms with Gasteiger partial charge in [0.2, 0.25) is 0 Å². The zero-order valence-electron chi connectivity index (χ0n) is 12.0. The van der Waals surface area contributed by atoms with Crippen molar-refractivity contribution in [3.05, 3.63) is 48.6 Å².